The average molecular weight is 371 g/mol. The lowest BCUT2D eigenvalue weighted by Gasteiger charge is -2.28. The number of anilines is 1. The van der Waals surface area contributed by atoms with E-state index in [9.17, 15) is 27.6 Å². The molecule has 4 amide bonds. The molecule has 10 heteroatoms. The fraction of sp³-hybridized carbons (Fsp3) is 0.375. The number of carbonyl (C=O) groups excluding carboxylic acids is 3. The molecule has 0 bridgehead atoms. The first kappa shape index (κ1) is 19.6. The number of barbiturate groups is 1. The lowest BCUT2D eigenvalue weighted by atomic mass is 10.1. The van der Waals surface area contributed by atoms with Crippen LogP contribution in [0.15, 0.2) is 29.3 Å². The SMILES string of the molecule is C[NH+](C)CCN=CC1C(=O)NC(=O)N(c2cccc(C(F)(F)F)c2)C1=O. The molecule has 1 aliphatic heterocycles. The first-order chi connectivity index (χ1) is 12.1. The van der Waals surface area contributed by atoms with Crippen LogP contribution in [0, 0.1) is 5.92 Å². The lowest BCUT2D eigenvalue weighted by Crippen LogP contribution is -3.06. The van der Waals surface area contributed by atoms with Crippen LogP contribution in [0.2, 0.25) is 0 Å². The second-order valence-electron chi connectivity index (χ2n) is 6.01. The van der Waals surface area contributed by atoms with Crippen molar-refractivity contribution >= 4 is 29.7 Å². The Kier molecular flexibility index (Phi) is 5.76. The Morgan fingerprint density at radius 2 is 1.96 bits per heavy atom. The van der Waals surface area contributed by atoms with Gasteiger partial charge < -0.3 is 4.90 Å². The fourth-order valence-corrected chi connectivity index (χ4v) is 2.26. The molecule has 1 aromatic rings. The van der Waals surface area contributed by atoms with Gasteiger partial charge in [-0.15, -0.1) is 0 Å². The summed E-state index contributed by atoms with van der Waals surface area (Å²) < 4.78 is 38.6. The molecule has 1 unspecified atom stereocenters. The third-order valence-corrected chi connectivity index (χ3v) is 3.63. The molecule has 1 saturated heterocycles. The van der Waals surface area contributed by atoms with E-state index < -0.39 is 35.5 Å². The summed E-state index contributed by atoms with van der Waals surface area (Å²) in [6.45, 7) is 1.02. The summed E-state index contributed by atoms with van der Waals surface area (Å²) >= 11 is 0. The average Bonchev–Trinajstić information content (AvgIpc) is 2.53. The van der Waals surface area contributed by atoms with Crippen LogP contribution in [0.1, 0.15) is 5.56 Å². The number of halogens is 3. The van der Waals surface area contributed by atoms with Gasteiger partial charge in [-0.3, -0.25) is 19.9 Å². The highest BCUT2D eigenvalue weighted by molar-refractivity contribution is 6.32. The largest absolute Gasteiger partial charge is 0.416 e. The number of likely N-dealkylation sites (N-methyl/N-ethyl adjacent to an activating group) is 1. The van der Waals surface area contributed by atoms with Crippen molar-refractivity contribution in [2.24, 2.45) is 10.9 Å². The summed E-state index contributed by atoms with van der Waals surface area (Å²) in [5, 5.41) is 1.97. The maximum absolute atomic E-state index is 12.9. The van der Waals surface area contributed by atoms with Crippen LogP contribution in [0.5, 0.6) is 0 Å². The summed E-state index contributed by atoms with van der Waals surface area (Å²) in [5.74, 6) is -3.18. The summed E-state index contributed by atoms with van der Waals surface area (Å²) in [6, 6.07) is 2.67. The van der Waals surface area contributed by atoms with E-state index in [1.807, 2.05) is 19.4 Å². The van der Waals surface area contributed by atoms with Gasteiger partial charge in [0.2, 0.25) is 5.91 Å². The molecule has 7 nitrogen and oxygen atoms in total. The topological polar surface area (TPSA) is 83.3 Å². The predicted molar refractivity (Wildman–Crippen MR) is 87.0 cm³/mol. The van der Waals surface area contributed by atoms with Gasteiger partial charge >= 0.3 is 12.2 Å². The van der Waals surface area contributed by atoms with Crippen LogP contribution in [0.3, 0.4) is 0 Å². The molecule has 2 N–H and O–H groups in total. The van der Waals surface area contributed by atoms with Crippen molar-refractivity contribution in [3.8, 4) is 0 Å². The highest BCUT2D eigenvalue weighted by Gasteiger charge is 2.41. The number of nitrogens with zero attached hydrogens (tertiary/aromatic N) is 2. The molecular weight excluding hydrogens is 353 g/mol. The van der Waals surface area contributed by atoms with Gasteiger partial charge in [0.1, 0.15) is 0 Å². The van der Waals surface area contributed by atoms with Crippen molar-refractivity contribution in [3.05, 3.63) is 29.8 Å². The first-order valence-corrected chi connectivity index (χ1v) is 7.76. The van der Waals surface area contributed by atoms with Crippen LogP contribution in [-0.2, 0) is 15.8 Å². The van der Waals surface area contributed by atoms with Crippen LogP contribution >= 0.6 is 0 Å². The summed E-state index contributed by atoms with van der Waals surface area (Å²) in [6.07, 6.45) is -3.51. The third kappa shape index (κ3) is 4.45. The van der Waals surface area contributed by atoms with Crippen molar-refractivity contribution in [2.75, 3.05) is 32.1 Å². The Labute approximate surface area is 147 Å². The number of imide groups is 2. The monoisotopic (exact) mass is 371 g/mol. The highest BCUT2D eigenvalue weighted by atomic mass is 19.4. The molecule has 26 heavy (non-hydrogen) atoms. The molecule has 1 heterocycles. The van der Waals surface area contributed by atoms with Crippen LogP contribution < -0.4 is 15.1 Å². The van der Waals surface area contributed by atoms with Gasteiger partial charge in [0, 0.05) is 6.21 Å². The number of hydrogen-bond acceptors (Lipinski definition) is 4. The van der Waals surface area contributed by atoms with Gasteiger partial charge in [-0.05, 0) is 18.2 Å². The van der Waals surface area contributed by atoms with Gasteiger partial charge in [0.15, 0.2) is 5.92 Å². The Morgan fingerprint density at radius 3 is 2.58 bits per heavy atom. The normalized spacial score (nSPS) is 18.8. The third-order valence-electron chi connectivity index (χ3n) is 3.63. The number of aliphatic imine (C=N–C) groups is 1. The van der Waals surface area contributed by atoms with Crippen molar-refractivity contribution in [2.45, 2.75) is 6.18 Å². The minimum absolute atomic E-state index is 0.272. The summed E-state index contributed by atoms with van der Waals surface area (Å²) in [7, 11) is 3.81. The minimum Gasteiger partial charge on any atom is -0.338 e. The van der Waals surface area contributed by atoms with Gasteiger partial charge in [-0.25, -0.2) is 9.69 Å². The number of amides is 4. The van der Waals surface area contributed by atoms with Crippen LogP contribution in [-0.4, -0.2) is 51.2 Å². The van der Waals surface area contributed by atoms with E-state index in [-0.39, 0.29) is 5.69 Å². The van der Waals surface area contributed by atoms with Gasteiger partial charge in [0.25, 0.3) is 5.91 Å². The lowest BCUT2D eigenvalue weighted by molar-refractivity contribution is -0.856. The number of carbonyl (C=O) groups is 3. The van der Waals surface area contributed by atoms with Gasteiger partial charge in [-0.1, -0.05) is 6.07 Å². The highest BCUT2D eigenvalue weighted by Crippen LogP contribution is 2.32. The van der Waals surface area contributed by atoms with Gasteiger partial charge in [0.05, 0.1) is 38.4 Å². The molecule has 1 aromatic carbocycles. The van der Waals surface area contributed by atoms with Crippen molar-refractivity contribution < 1.29 is 32.5 Å². The molecule has 140 valence electrons. The zero-order valence-electron chi connectivity index (χ0n) is 14.1. The number of quaternary nitrogens is 1. The minimum atomic E-state index is -4.63. The number of benzene rings is 1. The standard InChI is InChI=1S/C16H17F3N4O3/c1-22(2)7-6-20-9-12-13(24)21-15(26)23(14(12)25)11-5-3-4-10(8-11)16(17,18)19/h3-5,8-9,12H,6-7H2,1-2H3,(H,21,24,26)/p+1. The predicted octanol–water partition coefficient (Wildman–Crippen LogP) is 0.120. The first-order valence-electron chi connectivity index (χ1n) is 7.76. The van der Waals surface area contributed by atoms with Gasteiger partial charge in [-0.2, -0.15) is 13.2 Å². The number of nitrogens with one attached hydrogen (secondary N) is 2. The molecule has 0 spiro atoms. The zero-order valence-corrected chi connectivity index (χ0v) is 14.1. The van der Waals surface area contributed by atoms with E-state index in [4.69, 9.17) is 0 Å². The number of rotatable bonds is 5. The Balaban J connectivity index is 2.27. The Bertz CT molecular complexity index is 747. The second-order valence-corrected chi connectivity index (χ2v) is 6.01. The molecule has 2 rings (SSSR count). The molecule has 0 aliphatic carbocycles. The zero-order chi connectivity index (χ0) is 19.5. The summed E-state index contributed by atoms with van der Waals surface area (Å²) in [4.78, 5) is 42.0. The molecule has 0 saturated carbocycles. The molecule has 1 fully saturated rings. The Morgan fingerprint density at radius 1 is 1.27 bits per heavy atom. The maximum atomic E-state index is 12.9. The Hall–Kier alpha value is -2.75. The molecule has 1 aliphatic rings. The number of urea groups is 1. The van der Waals surface area contributed by atoms with E-state index >= 15 is 0 Å². The van der Waals surface area contributed by atoms with Crippen molar-refractivity contribution in [1.82, 2.24) is 5.32 Å². The van der Waals surface area contributed by atoms with E-state index in [2.05, 4.69) is 4.99 Å². The maximum Gasteiger partial charge on any atom is 0.416 e. The van der Waals surface area contributed by atoms with E-state index in [1.54, 1.807) is 0 Å². The van der Waals surface area contributed by atoms with Crippen LogP contribution in [0.4, 0.5) is 23.7 Å². The second kappa shape index (κ2) is 7.65. The molecule has 1 atom stereocenters. The summed E-state index contributed by atoms with van der Waals surface area (Å²) in [5.41, 5.74) is -1.28. The fourth-order valence-electron chi connectivity index (χ4n) is 2.26. The molecule has 0 radical (unpaired) electrons. The van der Waals surface area contributed by atoms with Crippen molar-refractivity contribution in [1.29, 1.82) is 0 Å². The number of alkyl halides is 3. The molecule has 0 aromatic heterocycles. The van der Waals surface area contributed by atoms with Crippen molar-refractivity contribution in [3.63, 3.8) is 0 Å². The molecular formula is C16H18F3N4O3+. The van der Waals surface area contributed by atoms with E-state index in [1.165, 1.54) is 6.07 Å². The smallest absolute Gasteiger partial charge is 0.338 e. The van der Waals surface area contributed by atoms with E-state index in [0.29, 0.717) is 24.1 Å². The van der Waals surface area contributed by atoms with E-state index in [0.717, 1.165) is 23.2 Å². The van der Waals surface area contributed by atoms with Crippen LogP contribution in [0.25, 0.3) is 0 Å². The number of hydrogen-bond donors (Lipinski definition) is 2. The quantitative estimate of drug-likeness (QED) is 0.570.